The summed E-state index contributed by atoms with van der Waals surface area (Å²) in [7, 11) is 0. The van der Waals surface area contributed by atoms with Gasteiger partial charge in [-0.2, -0.15) is 0 Å². The Bertz CT molecular complexity index is 589. The topological polar surface area (TPSA) is 0 Å². The Kier molecular flexibility index (Phi) is 3.61. The van der Waals surface area contributed by atoms with Crippen molar-refractivity contribution in [2.75, 3.05) is 0 Å². The van der Waals surface area contributed by atoms with E-state index in [1.165, 1.54) is 6.07 Å². The summed E-state index contributed by atoms with van der Waals surface area (Å²) in [4.78, 5) is 0. The molecule has 0 fully saturated rings. The Labute approximate surface area is 109 Å². The van der Waals surface area contributed by atoms with E-state index < -0.39 is 0 Å². The van der Waals surface area contributed by atoms with Crippen LogP contribution in [-0.4, -0.2) is 0 Å². The molecule has 0 amide bonds. The van der Waals surface area contributed by atoms with Crippen molar-refractivity contribution in [2.45, 2.75) is 6.92 Å². The van der Waals surface area contributed by atoms with Gasteiger partial charge in [-0.25, -0.2) is 4.39 Å². The highest BCUT2D eigenvalue weighted by molar-refractivity contribution is 9.10. The van der Waals surface area contributed by atoms with Crippen LogP contribution in [0, 0.1) is 24.6 Å². The minimum atomic E-state index is -0.269. The SMILES string of the molecule is Cc1ccc(C#Cc2ccc(Br)cc2)c(F)c1. The van der Waals surface area contributed by atoms with Gasteiger partial charge in [0.1, 0.15) is 5.82 Å². The summed E-state index contributed by atoms with van der Waals surface area (Å²) in [6.45, 7) is 1.86. The van der Waals surface area contributed by atoms with Crippen molar-refractivity contribution in [3.63, 3.8) is 0 Å². The summed E-state index contributed by atoms with van der Waals surface area (Å²) < 4.78 is 14.5. The predicted octanol–water partition coefficient (Wildman–Crippen LogP) is 4.30. The highest BCUT2D eigenvalue weighted by Crippen LogP contribution is 2.11. The van der Waals surface area contributed by atoms with Crippen molar-refractivity contribution in [3.8, 4) is 11.8 Å². The first kappa shape index (κ1) is 11.9. The Balaban J connectivity index is 2.29. The van der Waals surface area contributed by atoms with Crippen molar-refractivity contribution >= 4 is 15.9 Å². The second-order valence-electron chi connectivity index (χ2n) is 3.74. The lowest BCUT2D eigenvalue weighted by Crippen LogP contribution is -1.84. The summed E-state index contributed by atoms with van der Waals surface area (Å²) in [5, 5.41) is 0. The number of halogens is 2. The van der Waals surface area contributed by atoms with Gasteiger partial charge in [0.2, 0.25) is 0 Å². The van der Waals surface area contributed by atoms with Gasteiger partial charge in [-0.15, -0.1) is 0 Å². The van der Waals surface area contributed by atoms with E-state index >= 15 is 0 Å². The summed E-state index contributed by atoms with van der Waals surface area (Å²) in [6.07, 6.45) is 0. The first-order valence-corrected chi connectivity index (χ1v) is 5.98. The van der Waals surface area contributed by atoms with Gasteiger partial charge >= 0.3 is 0 Å². The molecule has 0 heterocycles. The van der Waals surface area contributed by atoms with Gasteiger partial charge in [-0.05, 0) is 48.9 Å². The van der Waals surface area contributed by atoms with E-state index in [1.54, 1.807) is 6.07 Å². The second-order valence-corrected chi connectivity index (χ2v) is 4.66. The van der Waals surface area contributed by atoms with E-state index in [4.69, 9.17) is 0 Å². The molecule has 0 unspecified atom stereocenters. The van der Waals surface area contributed by atoms with Crippen LogP contribution in [0.15, 0.2) is 46.9 Å². The largest absolute Gasteiger partial charge is 0.206 e. The first-order chi connectivity index (χ1) is 8.15. The molecule has 0 nitrogen and oxygen atoms in total. The lowest BCUT2D eigenvalue weighted by Gasteiger charge is -1.96. The van der Waals surface area contributed by atoms with Crippen LogP contribution in [0.4, 0.5) is 4.39 Å². The molecular weight excluding hydrogens is 279 g/mol. The van der Waals surface area contributed by atoms with E-state index in [-0.39, 0.29) is 5.82 Å². The van der Waals surface area contributed by atoms with Gasteiger partial charge in [-0.1, -0.05) is 33.8 Å². The van der Waals surface area contributed by atoms with Gasteiger partial charge in [0.25, 0.3) is 0 Å². The molecule has 0 atom stereocenters. The maximum atomic E-state index is 13.5. The lowest BCUT2D eigenvalue weighted by molar-refractivity contribution is 0.623. The van der Waals surface area contributed by atoms with Crippen molar-refractivity contribution in [3.05, 3.63) is 69.4 Å². The zero-order valence-corrected chi connectivity index (χ0v) is 10.9. The minimum absolute atomic E-state index is 0.269. The highest BCUT2D eigenvalue weighted by atomic mass is 79.9. The van der Waals surface area contributed by atoms with Crippen LogP contribution < -0.4 is 0 Å². The molecule has 2 rings (SSSR count). The molecule has 2 aromatic rings. The Morgan fingerprint density at radius 2 is 1.71 bits per heavy atom. The maximum absolute atomic E-state index is 13.5. The van der Waals surface area contributed by atoms with Crippen molar-refractivity contribution in [2.24, 2.45) is 0 Å². The summed E-state index contributed by atoms with van der Waals surface area (Å²) in [6, 6.07) is 12.7. The number of rotatable bonds is 0. The third-order valence-corrected chi connectivity index (χ3v) is 2.84. The van der Waals surface area contributed by atoms with Crippen LogP contribution in [0.1, 0.15) is 16.7 Å². The van der Waals surface area contributed by atoms with E-state index in [2.05, 4.69) is 27.8 Å². The predicted molar refractivity (Wildman–Crippen MR) is 71.3 cm³/mol. The smallest absolute Gasteiger partial charge is 0.139 e. The van der Waals surface area contributed by atoms with Gasteiger partial charge in [0.15, 0.2) is 0 Å². The molecule has 2 aromatic carbocycles. The number of benzene rings is 2. The molecule has 0 aliphatic heterocycles. The molecule has 0 bridgehead atoms. The molecular formula is C15H10BrF. The lowest BCUT2D eigenvalue weighted by atomic mass is 10.1. The Morgan fingerprint density at radius 1 is 1.00 bits per heavy atom. The molecule has 17 heavy (non-hydrogen) atoms. The molecule has 0 radical (unpaired) electrons. The fourth-order valence-corrected chi connectivity index (χ4v) is 1.66. The van der Waals surface area contributed by atoms with Gasteiger partial charge < -0.3 is 0 Å². The molecule has 2 heteroatoms. The highest BCUT2D eigenvalue weighted by Gasteiger charge is 1.97. The Hall–Kier alpha value is -1.59. The minimum Gasteiger partial charge on any atom is -0.206 e. The summed E-state index contributed by atoms with van der Waals surface area (Å²) in [5.41, 5.74) is 2.20. The van der Waals surface area contributed by atoms with Crippen molar-refractivity contribution in [1.82, 2.24) is 0 Å². The van der Waals surface area contributed by atoms with Crippen LogP contribution in [-0.2, 0) is 0 Å². The Morgan fingerprint density at radius 3 is 2.35 bits per heavy atom. The van der Waals surface area contributed by atoms with Crippen LogP contribution in [0.2, 0.25) is 0 Å². The average Bonchev–Trinajstić information content (AvgIpc) is 2.30. The van der Waals surface area contributed by atoms with E-state index in [9.17, 15) is 4.39 Å². The second kappa shape index (κ2) is 5.16. The average molecular weight is 289 g/mol. The van der Waals surface area contributed by atoms with Crippen LogP contribution in [0.3, 0.4) is 0 Å². The number of hydrogen-bond donors (Lipinski definition) is 0. The number of aryl methyl sites for hydroxylation is 1. The van der Waals surface area contributed by atoms with E-state index in [1.807, 2.05) is 37.3 Å². The molecule has 0 spiro atoms. The monoisotopic (exact) mass is 288 g/mol. The van der Waals surface area contributed by atoms with Gasteiger partial charge in [0.05, 0.1) is 5.56 Å². The van der Waals surface area contributed by atoms with E-state index in [0.717, 1.165) is 15.6 Å². The van der Waals surface area contributed by atoms with Crippen LogP contribution in [0.5, 0.6) is 0 Å². The fourth-order valence-electron chi connectivity index (χ4n) is 1.39. The molecule has 0 aliphatic rings. The van der Waals surface area contributed by atoms with Crippen LogP contribution >= 0.6 is 15.9 Å². The zero-order chi connectivity index (χ0) is 12.3. The summed E-state index contributed by atoms with van der Waals surface area (Å²) in [5.74, 6) is 5.50. The molecule has 0 aliphatic carbocycles. The molecule has 0 saturated heterocycles. The van der Waals surface area contributed by atoms with Gasteiger partial charge in [0, 0.05) is 10.0 Å². The fraction of sp³-hybridized carbons (Fsp3) is 0.0667. The normalized spacial score (nSPS) is 9.59. The number of hydrogen-bond acceptors (Lipinski definition) is 0. The molecule has 84 valence electrons. The van der Waals surface area contributed by atoms with Gasteiger partial charge in [-0.3, -0.25) is 0 Å². The third-order valence-electron chi connectivity index (χ3n) is 2.31. The maximum Gasteiger partial charge on any atom is 0.139 e. The molecule has 0 aromatic heterocycles. The standard InChI is InChI=1S/C15H10BrF/c1-11-2-6-13(15(17)10-11)7-3-12-4-8-14(16)9-5-12/h2,4-6,8-10H,1H3. The summed E-state index contributed by atoms with van der Waals surface area (Å²) >= 11 is 3.35. The first-order valence-electron chi connectivity index (χ1n) is 5.19. The van der Waals surface area contributed by atoms with Crippen molar-refractivity contribution < 1.29 is 4.39 Å². The molecule has 0 saturated carbocycles. The zero-order valence-electron chi connectivity index (χ0n) is 9.30. The molecule has 0 N–H and O–H groups in total. The third kappa shape index (κ3) is 3.18. The van der Waals surface area contributed by atoms with Crippen molar-refractivity contribution in [1.29, 1.82) is 0 Å². The van der Waals surface area contributed by atoms with E-state index in [0.29, 0.717) is 5.56 Å². The van der Waals surface area contributed by atoms with Crippen LogP contribution in [0.25, 0.3) is 0 Å². The quantitative estimate of drug-likeness (QED) is 0.634.